The molecule has 1 fully saturated rings. The molecule has 0 heterocycles. The van der Waals surface area contributed by atoms with Gasteiger partial charge in [-0.15, -0.1) is 0 Å². The zero-order valence-electron chi connectivity index (χ0n) is 9.13. The van der Waals surface area contributed by atoms with E-state index in [1.807, 2.05) is 0 Å². The van der Waals surface area contributed by atoms with Crippen molar-refractivity contribution in [2.24, 2.45) is 5.41 Å². The molecule has 2 heteroatoms. The van der Waals surface area contributed by atoms with Gasteiger partial charge in [0.15, 0.2) is 0 Å². The van der Waals surface area contributed by atoms with Gasteiger partial charge >= 0.3 is 0 Å². The van der Waals surface area contributed by atoms with Gasteiger partial charge in [0, 0.05) is 0 Å². The molecule has 1 saturated carbocycles. The Bertz CT molecular complexity index is 199. The fraction of sp³-hybridized carbons (Fsp3) is 0.917. The number of hydrogen-bond acceptors (Lipinski definition) is 2. The minimum absolute atomic E-state index is 0.103. The third-order valence-corrected chi connectivity index (χ3v) is 3.41. The van der Waals surface area contributed by atoms with Crippen molar-refractivity contribution in [3.8, 4) is 6.07 Å². The van der Waals surface area contributed by atoms with Crippen molar-refractivity contribution in [3.63, 3.8) is 0 Å². The van der Waals surface area contributed by atoms with Crippen molar-refractivity contribution in [2.75, 3.05) is 0 Å². The molecular weight excluding hydrogens is 174 g/mol. The molecule has 1 aliphatic carbocycles. The van der Waals surface area contributed by atoms with Crippen LogP contribution in [0.5, 0.6) is 0 Å². The van der Waals surface area contributed by atoms with Gasteiger partial charge in [-0.05, 0) is 32.1 Å². The monoisotopic (exact) mass is 195 g/mol. The lowest BCUT2D eigenvalue weighted by atomic mass is 9.71. The Morgan fingerprint density at radius 3 is 2.50 bits per heavy atom. The zero-order chi connectivity index (χ0) is 10.4. The summed E-state index contributed by atoms with van der Waals surface area (Å²) >= 11 is 0. The van der Waals surface area contributed by atoms with Crippen LogP contribution in [0.4, 0.5) is 0 Å². The Kier molecular flexibility index (Phi) is 4.41. The summed E-state index contributed by atoms with van der Waals surface area (Å²) in [4.78, 5) is 0. The summed E-state index contributed by atoms with van der Waals surface area (Å²) < 4.78 is 0. The van der Waals surface area contributed by atoms with Crippen molar-refractivity contribution in [2.45, 2.75) is 64.4 Å². The molecule has 0 spiro atoms. The van der Waals surface area contributed by atoms with Crippen molar-refractivity contribution in [1.29, 1.82) is 5.26 Å². The molecule has 1 rings (SSSR count). The fourth-order valence-corrected chi connectivity index (χ4v) is 2.29. The van der Waals surface area contributed by atoms with Crippen LogP contribution in [0.1, 0.15) is 58.3 Å². The summed E-state index contributed by atoms with van der Waals surface area (Å²) in [6.45, 7) is 2.18. The van der Waals surface area contributed by atoms with Gasteiger partial charge in [0.1, 0.15) is 0 Å². The van der Waals surface area contributed by atoms with E-state index < -0.39 is 0 Å². The average Bonchev–Trinajstić information content (AvgIpc) is 2.22. The Hall–Kier alpha value is -0.550. The number of aliphatic hydroxyl groups is 1. The van der Waals surface area contributed by atoms with Crippen molar-refractivity contribution >= 4 is 0 Å². The number of aliphatic hydroxyl groups excluding tert-OH is 1. The van der Waals surface area contributed by atoms with Gasteiger partial charge in [-0.25, -0.2) is 0 Å². The highest BCUT2D eigenvalue weighted by molar-refractivity contribution is 5.01. The highest BCUT2D eigenvalue weighted by Crippen LogP contribution is 2.40. The molecule has 0 aromatic carbocycles. The van der Waals surface area contributed by atoms with Gasteiger partial charge < -0.3 is 5.11 Å². The molecular formula is C12H21NO. The van der Waals surface area contributed by atoms with Crippen LogP contribution in [0.15, 0.2) is 0 Å². The first-order valence-corrected chi connectivity index (χ1v) is 5.82. The summed E-state index contributed by atoms with van der Waals surface area (Å²) in [5.74, 6) is 0. The lowest BCUT2D eigenvalue weighted by molar-refractivity contribution is 0.0824. The number of nitriles is 1. The van der Waals surface area contributed by atoms with E-state index >= 15 is 0 Å². The predicted molar refractivity (Wildman–Crippen MR) is 56.7 cm³/mol. The second-order valence-corrected chi connectivity index (χ2v) is 4.58. The molecule has 0 amide bonds. The summed E-state index contributed by atoms with van der Waals surface area (Å²) in [6, 6.07) is 2.49. The number of hydrogen-bond donors (Lipinski definition) is 1. The molecule has 0 bridgehead atoms. The maximum absolute atomic E-state index is 9.40. The van der Waals surface area contributed by atoms with Crippen molar-refractivity contribution in [3.05, 3.63) is 0 Å². The van der Waals surface area contributed by atoms with Crippen LogP contribution >= 0.6 is 0 Å². The van der Waals surface area contributed by atoms with E-state index in [1.165, 1.54) is 19.3 Å². The maximum Gasteiger partial charge on any atom is 0.0689 e. The minimum atomic E-state index is -0.150. The van der Waals surface area contributed by atoms with Crippen LogP contribution in [-0.4, -0.2) is 11.2 Å². The topological polar surface area (TPSA) is 44.0 Å². The summed E-state index contributed by atoms with van der Waals surface area (Å²) in [5.41, 5.74) is -0.103. The first-order valence-electron chi connectivity index (χ1n) is 5.82. The molecule has 0 aromatic heterocycles. The first kappa shape index (κ1) is 11.5. The maximum atomic E-state index is 9.40. The Morgan fingerprint density at radius 2 is 2.00 bits per heavy atom. The molecule has 14 heavy (non-hydrogen) atoms. The summed E-state index contributed by atoms with van der Waals surface area (Å²) in [5, 5.41) is 18.6. The molecule has 0 unspecified atom stereocenters. The lowest BCUT2D eigenvalue weighted by Crippen LogP contribution is -2.28. The highest BCUT2D eigenvalue weighted by Gasteiger charge is 2.34. The zero-order valence-corrected chi connectivity index (χ0v) is 9.13. The molecule has 2 nitrogen and oxygen atoms in total. The fourth-order valence-electron chi connectivity index (χ4n) is 2.29. The van der Waals surface area contributed by atoms with Crippen LogP contribution in [0, 0.1) is 16.7 Å². The molecule has 0 atom stereocenters. The first-order chi connectivity index (χ1) is 6.72. The van der Waals surface area contributed by atoms with E-state index in [1.54, 1.807) is 0 Å². The van der Waals surface area contributed by atoms with Gasteiger partial charge in [0.25, 0.3) is 0 Å². The lowest BCUT2D eigenvalue weighted by Gasteiger charge is -2.33. The van der Waals surface area contributed by atoms with Crippen molar-refractivity contribution < 1.29 is 5.11 Å². The molecule has 0 aromatic rings. The van der Waals surface area contributed by atoms with E-state index in [2.05, 4.69) is 13.0 Å². The van der Waals surface area contributed by atoms with Gasteiger partial charge in [-0.3, -0.25) is 0 Å². The van der Waals surface area contributed by atoms with Crippen molar-refractivity contribution in [1.82, 2.24) is 0 Å². The van der Waals surface area contributed by atoms with E-state index in [0.717, 1.165) is 32.1 Å². The standard InChI is InChI=1S/C12H21NO/c1-2-3-4-7-12(10-13)8-5-11(14)6-9-12/h11,14H,2-9H2,1H3. The second kappa shape index (κ2) is 5.36. The van der Waals surface area contributed by atoms with Crippen LogP contribution in [-0.2, 0) is 0 Å². The Balaban J connectivity index is 2.39. The second-order valence-electron chi connectivity index (χ2n) is 4.58. The van der Waals surface area contributed by atoms with Gasteiger partial charge in [0.05, 0.1) is 17.6 Å². The van der Waals surface area contributed by atoms with E-state index in [-0.39, 0.29) is 11.5 Å². The Labute approximate surface area is 86.9 Å². The van der Waals surface area contributed by atoms with Crippen LogP contribution < -0.4 is 0 Å². The predicted octanol–water partition coefficient (Wildman–Crippen LogP) is 3.01. The quantitative estimate of drug-likeness (QED) is 0.701. The highest BCUT2D eigenvalue weighted by atomic mass is 16.3. The summed E-state index contributed by atoms with van der Waals surface area (Å²) in [6.07, 6.45) is 7.92. The van der Waals surface area contributed by atoms with Gasteiger partial charge in [-0.2, -0.15) is 5.26 Å². The molecule has 80 valence electrons. The Morgan fingerprint density at radius 1 is 1.36 bits per heavy atom. The van der Waals surface area contributed by atoms with E-state index in [4.69, 9.17) is 0 Å². The third-order valence-electron chi connectivity index (χ3n) is 3.41. The number of unbranched alkanes of at least 4 members (excludes halogenated alkanes) is 2. The minimum Gasteiger partial charge on any atom is -0.393 e. The average molecular weight is 195 g/mol. The van der Waals surface area contributed by atoms with Gasteiger partial charge in [-0.1, -0.05) is 26.2 Å². The van der Waals surface area contributed by atoms with E-state index in [0.29, 0.717) is 0 Å². The van der Waals surface area contributed by atoms with E-state index in [9.17, 15) is 10.4 Å². The smallest absolute Gasteiger partial charge is 0.0689 e. The normalized spacial score (nSPS) is 32.5. The van der Waals surface area contributed by atoms with Crippen LogP contribution in [0.3, 0.4) is 0 Å². The van der Waals surface area contributed by atoms with Gasteiger partial charge in [0.2, 0.25) is 0 Å². The molecule has 1 N–H and O–H groups in total. The largest absolute Gasteiger partial charge is 0.393 e. The summed E-state index contributed by atoms with van der Waals surface area (Å²) in [7, 11) is 0. The van der Waals surface area contributed by atoms with Crippen LogP contribution in [0.2, 0.25) is 0 Å². The SMILES string of the molecule is CCCCCC1(C#N)CCC(O)CC1. The molecule has 0 saturated heterocycles. The number of nitrogens with zero attached hydrogens (tertiary/aromatic N) is 1. The van der Waals surface area contributed by atoms with Crippen LogP contribution in [0.25, 0.3) is 0 Å². The molecule has 1 aliphatic rings. The molecule has 0 radical (unpaired) electrons. The molecule has 0 aliphatic heterocycles. The third kappa shape index (κ3) is 2.99. The number of rotatable bonds is 4.